The Morgan fingerprint density at radius 2 is 2.14 bits per heavy atom. The molecule has 0 spiro atoms. The van der Waals surface area contributed by atoms with Crippen LogP contribution in [0.2, 0.25) is 4.34 Å². The van der Waals surface area contributed by atoms with Gasteiger partial charge >= 0.3 is 0 Å². The van der Waals surface area contributed by atoms with E-state index in [1.165, 1.54) is 10.4 Å². The minimum atomic E-state index is 0.810. The molecule has 0 aromatic carbocycles. The Morgan fingerprint density at radius 3 is 2.81 bits per heavy atom. The summed E-state index contributed by atoms with van der Waals surface area (Å²) >= 11 is 7.59. The van der Waals surface area contributed by atoms with Crippen LogP contribution >= 0.6 is 22.9 Å². The van der Waals surface area contributed by atoms with Crippen molar-refractivity contribution in [2.24, 2.45) is 0 Å². The smallest absolute Gasteiger partial charge is 0.118 e. The lowest BCUT2D eigenvalue weighted by atomic mass is 10.2. The molecule has 0 amide bonds. The molecule has 3 nitrogen and oxygen atoms in total. The fourth-order valence-corrected chi connectivity index (χ4v) is 3.43. The van der Waals surface area contributed by atoms with Crippen molar-refractivity contribution in [1.82, 2.24) is 10.2 Å². The van der Waals surface area contributed by atoms with Crippen LogP contribution in [0.3, 0.4) is 0 Å². The summed E-state index contributed by atoms with van der Waals surface area (Å²) in [4.78, 5) is 3.51. The second-order valence-corrected chi connectivity index (χ2v) is 7.15. The summed E-state index contributed by atoms with van der Waals surface area (Å²) in [5, 5.41) is 3.41. The van der Waals surface area contributed by atoms with Crippen molar-refractivity contribution in [1.29, 1.82) is 0 Å². The zero-order chi connectivity index (χ0) is 15.2. The number of halogens is 1. The van der Waals surface area contributed by atoms with Gasteiger partial charge < -0.3 is 9.73 Å². The highest BCUT2D eigenvalue weighted by Crippen LogP contribution is 2.23. The molecule has 2 aromatic heterocycles. The van der Waals surface area contributed by atoms with E-state index in [1.54, 1.807) is 11.3 Å². The summed E-state index contributed by atoms with van der Waals surface area (Å²) in [5.74, 6) is 2.03. The lowest BCUT2D eigenvalue weighted by Gasteiger charge is -2.13. The van der Waals surface area contributed by atoms with Gasteiger partial charge in [0.2, 0.25) is 0 Å². The lowest BCUT2D eigenvalue weighted by Crippen LogP contribution is -2.16. The van der Waals surface area contributed by atoms with Crippen LogP contribution in [0.5, 0.6) is 0 Å². The Balaban J connectivity index is 1.88. The number of furan rings is 1. The van der Waals surface area contributed by atoms with Crippen LogP contribution in [0, 0.1) is 6.92 Å². The van der Waals surface area contributed by atoms with E-state index in [0.29, 0.717) is 0 Å². The Bertz CT molecular complexity index is 564. The van der Waals surface area contributed by atoms with E-state index in [0.717, 1.165) is 48.5 Å². The molecule has 0 bridgehead atoms. The largest absolute Gasteiger partial charge is 0.465 e. The predicted molar refractivity (Wildman–Crippen MR) is 89.9 cm³/mol. The zero-order valence-corrected chi connectivity index (χ0v) is 14.5. The number of hydrogen-bond donors (Lipinski definition) is 1. The molecule has 2 rings (SSSR count). The third-order valence-corrected chi connectivity index (χ3v) is 4.51. The fourth-order valence-electron chi connectivity index (χ4n) is 2.27. The van der Waals surface area contributed by atoms with Crippen molar-refractivity contribution in [3.05, 3.63) is 44.5 Å². The molecule has 0 fully saturated rings. The van der Waals surface area contributed by atoms with E-state index < -0.39 is 0 Å². The van der Waals surface area contributed by atoms with E-state index in [2.05, 4.69) is 36.3 Å². The van der Waals surface area contributed by atoms with E-state index in [9.17, 15) is 0 Å². The standard InChI is InChI=1S/C16H23ClN2OS/c1-4-7-18-9-13-8-14(20-12(13)2)10-19(3)11-15-5-6-16(17)21-15/h5-6,8,18H,4,7,9-11H2,1-3H3. The minimum absolute atomic E-state index is 0.810. The molecule has 5 heteroatoms. The summed E-state index contributed by atoms with van der Waals surface area (Å²) < 4.78 is 6.70. The highest BCUT2D eigenvalue weighted by Gasteiger charge is 2.10. The van der Waals surface area contributed by atoms with E-state index in [4.69, 9.17) is 16.0 Å². The summed E-state index contributed by atoms with van der Waals surface area (Å²) in [6, 6.07) is 6.19. The number of nitrogens with zero attached hydrogens (tertiary/aromatic N) is 1. The summed E-state index contributed by atoms with van der Waals surface area (Å²) in [7, 11) is 2.10. The average molecular weight is 327 g/mol. The molecule has 2 heterocycles. The third kappa shape index (κ3) is 5.15. The molecule has 0 saturated carbocycles. The van der Waals surface area contributed by atoms with Crippen LogP contribution in [-0.4, -0.2) is 18.5 Å². The van der Waals surface area contributed by atoms with Gasteiger partial charge in [-0.3, -0.25) is 4.90 Å². The second-order valence-electron chi connectivity index (χ2n) is 5.35. The molecular weight excluding hydrogens is 304 g/mol. The Hall–Kier alpha value is -0.810. The lowest BCUT2D eigenvalue weighted by molar-refractivity contribution is 0.287. The number of nitrogens with one attached hydrogen (secondary N) is 1. The van der Waals surface area contributed by atoms with Crippen molar-refractivity contribution < 1.29 is 4.42 Å². The van der Waals surface area contributed by atoms with Crippen molar-refractivity contribution in [3.63, 3.8) is 0 Å². The van der Waals surface area contributed by atoms with Crippen molar-refractivity contribution in [3.8, 4) is 0 Å². The minimum Gasteiger partial charge on any atom is -0.465 e. The monoisotopic (exact) mass is 326 g/mol. The molecular formula is C16H23ClN2OS. The quantitative estimate of drug-likeness (QED) is 0.727. The van der Waals surface area contributed by atoms with E-state index >= 15 is 0 Å². The van der Waals surface area contributed by atoms with Gasteiger partial charge in [0.15, 0.2) is 0 Å². The van der Waals surface area contributed by atoms with Gasteiger partial charge in [-0.2, -0.15) is 0 Å². The van der Waals surface area contributed by atoms with E-state index in [-0.39, 0.29) is 0 Å². The molecule has 0 atom stereocenters. The molecule has 2 aromatic rings. The first-order valence-electron chi connectivity index (χ1n) is 7.30. The molecule has 21 heavy (non-hydrogen) atoms. The van der Waals surface area contributed by atoms with Crippen LogP contribution < -0.4 is 5.32 Å². The molecule has 0 saturated heterocycles. The van der Waals surface area contributed by atoms with Gasteiger partial charge in [-0.1, -0.05) is 18.5 Å². The van der Waals surface area contributed by atoms with Crippen LogP contribution in [-0.2, 0) is 19.6 Å². The predicted octanol–water partition coefficient (Wildman–Crippen LogP) is 4.43. The van der Waals surface area contributed by atoms with Crippen molar-refractivity contribution in [2.45, 2.75) is 39.9 Å². The SMILES string of the molecule is CCCNCc1cc(CN(C)Cc2ccc(Cl)s2)oc1C. The summed E-state index contributed by atoms with van der Waals surface area (Å²) in [6.45, 7) is 7.83. The molecule has 0 radical (unpaired) electrons. The second kappa shape index (κ2) is 7.99. The zero-order valence-electron chi connectivity index (χ0n) is 12.9. The van der Waals surface area contributed by atoms with Gasteiger partial charge in [-0.05, 0) is 45.1 Å². The fraction of sp³-hybridized carbons (Fsp3) is 0.500. The molecule has 0 aliphatic carbocycles. The molecule has 0 aliphatic heterocycles. The van der Waals surface area contributed by atoms with Crippen molar-refractivity contribution >= 4 is 22.9 Å². The number of rotatable bonds is 8. The van der Waals surface area contributed by atoms with Gasteiger partial charge in [0.05, 0.1) is 10.9 Å². The Kier molecular flexibility index (Phi) is 6.30. The molecule has 116 valence electrons. The number of hydrogen-bond acceptors (Lipinski definition) is 4. The van der Waals surface area contributed by atoms with E-state index in [1.807, 2.05) is 13.0 Å². The van der Waals surface area contributed by atoms with Gasteiger partial charge in [0.25, 0.3) is 0 Å². The van der Waals surface area contributed by atoms with Crippen LogP contribution in [0.1, 0.15) is 35.3 Å². The van der Waals surface area contributed by atoms with Crippen LogP contribution in [0.15, 0.2) is 22.6 Å². The van der Waals surface area contributed by atoms with Gasteiger partial charge in [0, 0.05) is 23.5 Å². The summed E-state index contributed by atoms with van der Waals surface area (Å²) in [6.07, 6.45) is 1.15. The molecule has 1 N–H and O–H groups in total. The third-order valence-electron chi connectivity index (χ3n) is 3.29. The van der Waals surface area contributed by atoms with Gasteiger partial charge in [-0.25, -0.2) is 0 Å². The Morgan fingerprint density at radius 1 is 1.33 bits per heavy atom. The number of thiophene rings is 1. The Labute approximate surface area is 135 Å². The van der Waals surface area contributed by atoms with Gasteiger partial charge in [-0.15, -0.1) is 11.3 Å². The van der Waals surface area contributed by atoms with Crippen LogP contribution in [0.25, 0.3) is 0 Å². The first-order valence-corrected chi connectivity index (χ1v) is 8.49. The maximum atomic E-state index is 5.96. The van der Waals surface area contributed by atoms with Crippen molar-refractivity contribution in [2.75, 3.05) is 13.6 Å². The average Bonchev–Trinajstić information content (AvgIpc) is 2.96. The molecule has 0 aliphatic rings. The number of aryl methyl sites for hydroxylation is 1. The van der Waals surface area contributed by atoms with Gasteiger partial charge in [0.1, 0.15) is 11.5 Å². The maximum absolute atomic E-state index is 5.96. The highest BCUT2D eigenvalue weighted by atomic mass is 35.5. The summed E-state index contributed by atoms with van der Waals surface area (Å²) in [5.41, 5.74) is 1.26. The maximum Gasteiger partial charge on any atom is 0.118 e. The normalized spacial score (nSPS) is 11.5. The highest BCUT2D eigenvalue weighted by molar-refractivity contribution is 7.16. The van der Waals surface area contributed by atoms with Crippen LogP contribution in [0.4, 0.5) is 0 Å². The first kappa shape index (κ1) is 16.6. The topological polar surface area (TPSA) is 28.4 Å². The first-order chi connectivity index (χ1) is 10.1. The molecule has 0 unspecified atom stereocenters.